The van der Waals surface area contributed by atoms with Gasteiger partial charge in [0, 0.05) is 37.8 Å². The van der Waals surface area contributed by atoms with E-state index in [1.165, 1.54) is 20.0 Å². The number of alkyl halides is 4. The van der Waals surface area contributed by atoms with Gasteiger partial charge >= 0.3 is 12.2 Å². The molecule has 3 atom stereocenters. The van der Waals surface area contributed by atoms with Gasteiger partial charge in [-0.2, -0.15) is 23.1 Å². The topological polar surface area (TPSA) is 102 Å². The molecule has 9 nitrogen and oxygen atoms in total. The van der Waals surface area contributed by atoms with Crippen molar-refractivity contribution in [2.24, 2.45) is 0 Å². The van der Waals surface area contributed by atoms with Crippen molar-refractivity contribution < 1.29 is 35.8 Å². The minimum Gasteiger partial charge on any atom is -0.475 e. The number of nitrogens with one attached hydrogen (secondary N) is 1. The maximum Gasteiger partial charge on any atom is 0.417 e. The lowest BCUT2D eigenvalue weighted by Crippen LogP contribution is -2.53. The molecule has 0 amide bonds. The molecule has 6 heterocycles. The van der Waals surface area contributed by atoms with Crippen LogP contribution in [0.15, 0.2) is 6.07 Å². The lowest BCUT2D eigenvalue weighted by molar-refractivity contribution is -0.137. The van der Waals surface area contributed by atoms with Gasteiger partial charge in [0.25, 0.3) is 0 Å². The summed E-state index contributed by atoms with van der Waals surface area (Å²) in [5.41, 5.74) is 1.14. The van der Waals surface area contributed by atoms with Crippen molar-refractivity contribution in [2.45, 2.75) is 64.5 Å². The number of ether oxygens (including phenoxy) is 2. The number of hydrogen-bond acceptors (Lipinski definition) is 9. The molecule has 1 aromatic carbocycles. The fourth-order valence-electron chi connectivity index (χ4n) is 6.45. The van der Waals surface area contributed by atoms with E-state index in [4.69, 9.17) is 15.2 Å². The van der Waals surface area contributed by atoms with Gasteiger partial charge in [0.15, 0.2) is 5.82 Å². The number of methoxy groups -OCH3 is 1. The van der Waals surface area contributed by atoms with E-state index in [1.54, 1.807) is 0 Å². The molecule has 4 aliphatic rings. The van der Waals surface area contributed by atoms with Gasteiger partial charge in [0.2, 0.25) is 5.88 Å². The molecule has 4 aliphatic heterocycles. The molecule has 0 aliphatic carbocycles. The predicted molar refractivity (Wildman–Crippen MR) is 158 cm³/mol. The first kappa shape index (κ1) is 32.8. The first-order valence-corrected chi connectivity index (χ1v) is 15.1. The van der Waals surface area contributed by atoms with Crippen molar-refractivity contribution in [3.8, 4) is 23.1 Å². The van der Waals surface area contributed by atoms with Gasteiger partial charge in [-0.1, -0.05) is 13.8 Å². The highest BCUT2D eigenvalue weighted by Gasteiger charge is 2.40. The van der Waals surface area contributed by atoms with E-state index in [2.05, 4.69) is 25.2 Å². The van der Waals surface area contributed by atoms with Gasteiger partial charge in [-0.05, 0) is 44.4 Å². The highest BCUT2D eigenvalue weighted by molar-refractivity contribution is 5.97. The van der Waals surface area contributed by atoms with Crippen LogP contribution in [0.5, 0.6) is 11.9 Å². The number of nitrogens with two attached hydrogens (primary N) is 1. The second kappa shape index (κ2) is 13.0. The van der Waals surface area contributed by atoms with Crippen LogP contribution in [-0.4, -0.2) is 84.5 Å². The number of nitrogens with zero attached hydrogens (tertiary/aromatic N) is 5. The summed E-state index contributed by atoms with van der Waals surface area (Å²) in [5.74, 6) is -2.21. The monoisotopic (exact) mass is 641 g/mol. The zero-order valence-electron chi connectivity index (χ0n) is 25.6. The largest absolute Gasteiger partial charge is 0.475 e. The second-order valence-electron chi connectivity index (χ2n) is 11.1. The van der Waals surface area contributed by atoms with Gasteiger partial charge in [0.05, 0.1) is 24.4 Å². The van der Waals surface area contributed by atoms with Crippen molar-refractivity contribution in [3.05, 3.63) is 28.8 Å². The summed E-state index contributed by atoms with van der Waals surface area (Å²) in [6.07, 6.45) is -2.19. The van der Waals surface area contributed by atoms with E-state index in [9.17, 15) is 22.0 Å². The van der Waals surface area contributed by atoms with Crippen LogP contribution in [0.4, 0.5) is 37.8 Å². The highest BCUT2D eigenvalue weighted by atomic mass is 19.4. The Morgan fingerprint density at radius 1 is 1.09 bits per heavy atom. The Morgan fingerprint density at radius 2 is 1.84 bits per heavy atom. The van der Waals surface area contributed by atoms with Gasteiger partial charge < -0.3 is 25.4 Å². The highest BCUT2D eigenvalue weighted by Crippen LogP contribution is 2.45. The third-order valence-corrected chi connectivity index (χ3v) is 8.45. The van der Waals surface area contributed by atoms with Crippen LogP contribution in [0, 0.1) is 18.6 Å². The van der Waals surface area contributed by atoms with Crippen molar-refractivity contribution in [2.75, 3.05) is 57.1 Å². The quantitative estimate of drug-likeness (QED) is 0.286. The number of hydrogen-bond donors (Lipinski definition) is 2. The Hall–Kier alpha value is -3.59. The zero-order chi connectivity index (χ0) is 32.6. The minimum absolute atomic E-state index is 0.117. The fourth-order valence-corrected chi connectivity index (χ4v) is 6.45. The van der Waals surface area contributed by atoms with Gasteiger partial charge in [-0.3, -0.25) is 4.90 Å². The van der Waals surface area contributed by atoms with E-state index in [1.807, 2.05) is 18.7 Å². The second-order valence-corrected chi connectivity index (χ2v) is 11.1. The molecule has 3 fully saturated rings. The summed E-state index contributed by atoms with van der Waals surface area (Å²) in [7, 11) is 1.29. The number of piperazine rings is 1. The Morgan fingerprint density at radius 3 is 2.53 bits per heavy atom. The van der Waals surface area contributed by atoms with Crippen molar-refractivity contribution in [1.82, 2.24) is 25.2 Å². The van der Waals surface area contributed by atoms with Crippen molar-refractivity contribution in [1.29, 1.82) is 0 Å². The molecule has 0 radical (unpaired) electrons. The molecular formula is C30H37F6N7O2. The molecule has 7 rings (SSSR count). The number of halogens is 6. The standard InChI is InChI=1S/C21H19F5N6O2.C7H12FN.C2H6/c1-8-13(21(24,25)26)10(5-11(27)14(8)22)16-15(23)17-12-18(31-20(30-17)33-2)32-4-3-28-6-9(32)7-34-19(12)29-16;8-6-4-7-2-1-3-9(7)5-6;1-2/h5,9,28H,3-4,6-7,27H2,1-2H3;6-7H,1-5H2;1-2H3. The van der Waals surface area contributed by atoms with Gasteiger partial charge in [-0.25, -0.2) is 18.2 Å². The average Bonchev–Trinajstić information content (AvgIpc) is 3.56. The minimum atomic E-state index is -5.01. The number of nitrogen functional groups attached to an aromatic ring is 1. The molecule has 3 unspecified atom stereocenters. The number of anilines is 2. The van der Waals surface area contributed by atoms with Crippen LogP contribution in [-0.2, 0) is 6.18 Å². The maximum atomic E-state index is 15.9. The molecule has 2 aromatic heterocycles. The van der Waals surface area contributed by atoms with E-state index in [0.29, 0.717) is 38.0 Å². The number of rotatable bonds is 2. The summed E-state index contributed by atoms with van der Waals surface area (Å²) in [5, 5.41) is 3.34. The summed E-state index contributed by atoms with van der Waals surface area (Å²) < 4.78 is 95.6. The van der Waals surface area contributed by atoms with E-state index >= 15 is 4.39 Å². The van der Waals surface area contributed by atoms with Crippen LogP contribution >= 0.6 is 0 Å². The molecule has 15 heteroatoms. The number of pyridine rings is 1. The lowest BCUT2D eigenvalue weighted by Gasteiger charge is -2.35. The third kappa shape index (κ3) is 6.16. The van der Waals surface area contributed by atoms with Crippen LogP contribution in [0.25, 0.3) is 22.2 Å². The Bertz CT molecular complexity index is 1540. The molecule has 0 bridgehead atoms. The van der Waals surface area contributed by atoms with E-state index in [-0.39, 0.29) is 35.4 Å². The first-order valence-electron chi connectivity index (χ1n) is 15.1. The molecule has 0 spiro atoms. The molecule has 246 valence electrons. The number of fused-ring (bicyclic) bond motifs is 3. The van der Waals surface area contributed by atoms with Crippen molar-refractivity contribution >= 4 is 22.4 Å². The SMILES string of the molecule is CC.COc1nc2c3c(nc(-c4cc(N)c(F)c(C)c4C(F)(F)F)c(F)c3n1)OCC1CNCCN21.FC1CC2CCCN2C1. The molecule has 0 saturated carbocycles. The van der Waals surface area contributed by atoms with Crippen LogP contribution in [0.3, 0.4) is 0 Å². The summed E-state index contributed by atoms with van der Waals surface area (Å²) in [6, 6.07) is 0.972. The predicted octanol–water partition coefficient (Wildman–Crippen LogP) is 5.28. The van der Waals surface area contributed by atoms with Gasteiger partial charge in [0.1, 0.15) is 41.0 Å². The molecule has 3 N–H and O–H groups in total. The summed E-state index contributed by atoms with van der Waals surface area (Å²) >= 11 is 0. The maximum absolute atomic E-state index is 15.9. The Labute approximate surface area is 257 Å². The molecule has 3 aromatic rings. The summed E-state index contributed by atoms with van der Waals surface area (Å²) in [4.78, 5) is 16.7. The van der Waals surface area contributed by atoms with Gasteiger partial charge in [-0.15, -0.1) is 0 Å². The molecular weight excluding hydrogens is 604 g/mol. The van der Waals surface area contributed by atoms with Crippen LogP contribution in [0.1, 0.15) is 44.2 Å². The Balaban J connectivity index is 0.000000307. The van der Waals surface area contributed by atoms with Crippen LogP contribution < -0.4 is 25.4 Å². The smallest absolute Gasteiger partial charge is 0.417 e. The molecule has 3 saturated heterocycles. The lowest BCUT2D eigenvalue weighted by atomic mass is 9.96. The first-order chi connectivity index (χ1) is 21.5. The summed E-state index contributed by atoms with van der Waals surface area (Å²) in [6.45, 7) is 8.61. The Kier molecular flexibility index (Phi) is 9.49. The van der Waals surface area contributed by atoms with Crippen molar-refractivity contribution in [3.63, 3.8) is 0 Å². The zero-order valence-corrected chi connectivity index (χ0v) is 25.6. The van der Waals surface area contributed by atoms with E-state index in [0.717, 1.165) is 26.0 Å². The normalized spacial score (nSPS) is 22.4. The number of aromatic nitrogens is 3. The average molecular weight is 642 g/mol. The third-order valence-electron chi connectivity index (χ3n) is 8.45. The number of benzene rings is 1. The van der Waals surface area contributed by atoms with E-state index < -0.39 is 52.1 Å². The molecule has 45 heavy (non-hydrogen) atoms. The fraction of sp³-hybridized carbons (Fsp3) is 0.567. The van der Waals surface area contributed by atoms with Crippen LogP contribution in [0.2, 0.25) is 0 Å².